The van der Waals surface area contributed by atoms with E-state index in [9.17, 15) is 18.4 Å². The highest BCUT2D eigenvalue weighted by Crippen LogP contribution is 2.36. The lowest BCUT2D eigenvalue weighted by Crippen LogP contribution is -2.39. The maximum atomic E-state index is 13.8. The molecule has 1 aliphatic heterocycles. The van der Waals surface area contributed by atoms with Crippen LogP contribution in [0.4, 0.5) is 8.78 Å². The number of aryl methyl sites for hydroxylation is 1. The van der Waals surface area contributed by atoms with Crippen molar-refractivity contribution in [3.05, 3.63) is 81.9 Å². The molecule has 4 heterocycles. The fourth-order valence-electron chi connectivity index (χ4n) is 4.27. The lowest BCUT2D eigenvalue weighted by atomic mass is 9.95. The van der Waals surface area contributed by atoms with Crippen molar-refractivity contribution < 1.29 is 13.6 Å². The Morgan fingerprint density at radius 1 is 1.18 bits per heavy atom. The van der Waals surface area contributed by atoms with Crippen LogP contribution < -0.4 is 5.56 Å². The van der Waals surface area contributed by atoms with E-state index in [1.807, 2.05) is 6.92 Å². The molecule has 1 amide bonds. The molecule has 1 atom stereocenters. The van der Waals surface area contributed by atoms with Gasteiger partial charge in [0.2, 0.25) is 5.82 Å². The Labute approximate surface area is 186 Å². The second kappa shape index (κ2) is 7.76. The summed E-state index contributed by atoms with van der Waals surface area (Å²) in [7, 11) is 1.70. The number of fused-ring (bicyclic) bond motifs is 1. The van der Waals surface area contributed by atoms with Crippen molar-refractivity contribution in [3.8, 4) is 16.9 Å². The Hall–Kier alpha value is -4.15. The van der Waals surface area contributed by atoms with Gasteiger partial charge in [-0.05, 0) is 37.6 Å². The van der Waals surface area contributed by atoms with Crippen LogP contribution in [-0.4, -0.2) is 46.9 Å². The number of halogens is 2. The average Bonchev–Trinajstić information content (AvgIpc) is 3.38. The quantitative estimate of drug-likeness (QED) is 0.516. The number of hydrogen-bond acceptors (Lipinski definition) is 5. The second-order valence-corrected chi connectivity index (χ2v) is 7.82. The molecule has 0 bridgehead atoms. The number of pyridine rings is 1. The number of carbonyl (C=O) groups excluding carboxylic acids is 1. The molecule has 1 aromatic carbocycles. The van der Waals surface area contributed by atoms with Gasteiger partial charge in [0.25, 0.3) is 11.5 Å². The zero-order valence-corrected chi connectivity index (χ0v) is 17.8. The molecule has 4 aromatic rings. The minimum absolute atomic E-state index is 0.0445. The number of aromatic nitrogens is 6. The first-order chi connectivity index (χ1) is 15.8. The molecular formula is C22H19F2N7O2. The van der Waals surface area contributed by atoms with E-state index >= 15 is 0 Å². The van der Waals surface area contributed by atoms with Crippen LogP contribution in [0.5, 0.6) is 0 Å². The molecule has 1 N–H and O–H groups in total. The molecule has 0 spiro atoms. The number of rotatable bonds is 3. The zero-order chi connectivity index (χ0) is 23.3. The van der Waals surface area contributed by atoms with Gasteiger partial charge in [-0.2, -0.15) is 5.10 Å². The first kappa shape index (κ1) is 20.7. The summed E-state index contributed by atoms with van der Waals surface area (Å²) in [6.45, 7) is 2.18. The Morgan fingerprint density at radius 2 is 1.94 bits per heavy atom. The van der Waals surface area contributed by atoms with E-state index < -0.39 is 23.6 Å². The molecule has 5 rings (SSSR count). The maximum absolute atomic E-state index is 13.8. The Balaban J connectivity index is 1.46. The van der Waals surface area contributed by atoms with Crippen molar-refractivity contribution in [2.45, 2.75) is 19.4 Å². The number of benzene rings is 1. The van der Waals surface area contributed by atoms with Crippen LogP contribution in [0.15, 0.2) is 47.7 Å². The summed E-state index contributed by atoms with van der Waals surface area (Å²) in [5.74, 6) is -1.78. The van der Waals surface area contributed by atoms with Crippen LogP contribution in [0.25, 0.3) is 16.9 Å². The molecule has 0 saturated carbocycles. The topological polar surface area (TPSA) is 102 Å². The number of aromatic amines is 1. The first-order valence-corrected chi connectivity index (χ1v) is 10.3. The average molecular weight is 451 g/mol. The van der Waals surface area contributed by atoms with Gasteiger partial charge in [-0.25, -0.2) is 18.4 Å². The van der Waals surface area contributed by atoms with Crippen LogP contribution in [-0.2, 0) is 13.5 Å². The van der Waals surface area contributed by atoms with Crippen molar-refractivity contribution in [2.24, 2.45) is 7.05 Å². The lowest BCUT2D eigenvalue weighted by molar-refractivity contribution is 0.0661. The molecule has 168 valence electrons. The van der Waals surface area contributed by atoms with Crippen molar-refractivity contribution in [3.63, 3.8) is 0 Å². The standard InChI is InChI=1S/C22H19F2N7O2/c1-12-18-16(19(29(2)27-18)13-8-14(23)10-15(24)9-13)5-7-30(12)22(33)20-26-11-31(28-20)17-4-3-6-25-21(17)32/h3-4,6,8-12H,5,7H2,1-2H3,(H,25,32)/t12-/m0/s1. The molecule has 3 aromatic heterocycles. The summed E-state index contributed by atoms with van der Waals surface area (Å²) in [4.78, 5) is 33.4. The fraction of sp³-hybridized carbons (Fsp3) is 0.227. The molecule has 0 radical (unpaired) electrons. The minimum atomic E-state index is -0.667. The normalized spacial score (nSPS) is 15.5. The van der Waals surface area contributed by atoms with Crippen LogP contribution in [0.1, 0.15) is 34.8 Å². The number of H-pyrrole nitrogens is 1. The molecule has 0 saturated heterocycles. The molecule has 11 heteroatoms. The highest BCUT2D eigenvalue weighted by molar-refractivity contribution is 5.91. The Kier molecular flexibility index (Phi) is 4.88. The zero-order valence-electron chi connectivity index (χ0n) is 17.8. The number of nitrogens with zero attached hydrogens (tertiary/aromatic N) is 6. The highest BCUT2D eigenvalue weighted by Gasteiger charge is 2.34. The minimum Gasteiger partial charge on any atom is -0.327 e. The molecule has 1 aliphatic rings. The maximum Gasteiger partial charge on any atom is 0.294 e. The molecule has 0 unspecified atom stereocenters. The number of carbonyl (C=O) groups is 1. The van der Waals surface area contributed by atoms with Crippen molar-refractivity contribution in [1.29, 1.82) is 0 Å². The monoisotopic (exact) mass is 451 g/mol. The Morgan fingerprint density at radius 3 is 2.67 bits per heavy atom. The van der Waals surface area contributed by atoms with Gasteiger partial charge in [-0.3, -0.25) is 14.3 Å². The second-order valence-electron chi connectivity index (χ2n) is 7.82. The van der Waals surface area contributed by atoms with Crippen molar-refractivity contribution in [2.75, 3.05) is 6.54 Å². The molecule has 0 aliphatic carbocycles. The molecule has 9 nitrogen and oxygen atoms in total. The summed E-state index contributed by atoms with van der Waals surface area (Å²) < 4.78 is 30.4. The van der Waals surface area contributed by atoms with E-state index in [0.29, 0.717) is 29.9 Å². The van der Waals surface area contributed by atoms with Gasteiger partial charge in [0, 0.05) is 37.0 Å². The van der Waals surface area contributed by atoms with Crippen LogP contribution in [0.2, 0.25) is 0 Å². The van der Waals surface area contributed by atoms with E-state index in [4.69, 9.17) is 0 Å². The summed E-state index contributed by atoms with van der Waals surface area (Å²) in [5.41, 5.74) is 2.39. The van der Waals surface area contributed by atoms with Gasteiger partial charge in [0.05, 0.1) is 17.4 Å². The first-order valence-electron chi connectivity index (χ1n) is 10.3. The Bertz CT molecular complexity index is 1420. The fourth-order valence-corrected chi connectivity index (χ4v) is 4.27. The molecule has 33 heavy (non-hydrogen) atoms. The number of hydrogen-bond donors (Lipinski definition) is 1. The predicted molar refractivity (Wildman–Crippen MR) is 114 cm³/mol. The van der Waals surface area contributed by atoms with Gasteiger partial charge in [0.1, 0.15) is 23.6 Å². The number of amides is 1. The van der Waals surface area contributed by atoms with Crippen molar-refractivity contribution >= 4 is 5.91 Å². The molecular weight excluding hydrogens is 432 g/mol. The third-order valence-corrected chi connectivity index (χ3v) is 5.77. The summed E-state index contributed by atoms with van der Waals surface area (Å²) in [5, 5.41) is 8.73. The van der Waals surface area contributed by atoms with Crippen LogP contribution >= 0.6 is 0 Å². The van der Waals surface area contributed by atoms with E-state index in [1.165, 1.54) is 29.3 Å². The summed E-state index contributed by atoms with van der Waals surface area (Å²) in [6.07, 6.45) is 3.27. The largest absolute Gasteiger partial charge is 0.327 e. The predicted octanol–water partition coefficient (Wildman–Crippen LogP) is 2.39. The third-order valence-electron chi connectivity index (χ3n) is 5.77. The van der Waals surface area contributed by atoms with E-state index in [2.05, 4.69) is 20.2 Å². The van der Waals surface area contributed by atoms with Crippen LogP contribution in [0, 0.1) is 11.6 Å². The number of nitrogens with one attached hydrogen (secondary N) is 1. The van der Waals surface area contributed by atoms with Gasteiger partial charge in [-0.1, -0.05) is 0 Å². The highest BCUT2D eigenvalue weighted by atomic mass is 19.1. The van der Waals surface area contributed by atoms with Gasteiger partial charge >= 0.3 is 0 Å². The van der Waals surface area contributed by atoms with Crippen LogP contribution in [0.3, 0.4) is 0 Å². The summed E-state index contributed by atoms with van der Waals surface area (Å²) in [6, 6.07) is 6.17. The third kappa shape index (κ3) is 3.51. The van der Waals surface area contributed by atoms with E-state index in [-0.39, 0.29) is 17.1 Å². The van der Waals surface area contributed by atoms with Gasteiger partial charge in [-0.15, -0.1) is 5.10 Å². The SMILES string of the molecule is C[C@H]1c2nn(C)c(-c3cc(F)cc(F)c3)c2CCN1C(=O)c1ncn(-c2ccc[nH]c2=O)n1. The molecule has 0 fully saturated rings. The lowest BCUT2D eigenvalue weighted by Gasteiger charge is -2.32. The van der Waals surface area contributed by atoms with Gasteiger partial charge < -0.3 is 9.88 Å². The summed E-state index contributed by atoms with van der Waals surface area (Å²) >= 11 is 0. The van der Waals surface area contributed by atoms with E-state index in [0.717, 1.165) is 11.6 Å². The smallest absolute Gasteiger partial charge is 0.294 e. The van der Waals surface area contributed by atoms with E-state index in [1.54, 1.807) is 28.8 Å². The van der Waals surface area contributed by atoms with Gasteiger partial charge in [0.15, 0.2) is 0 Å². The van der Waals surface area contributed by atoms with Crippen molar-refractivity contribution in [1.82, 2.24) is 34.4 Å².